The zero-order valence-electron chi connectivity index (χ0n) is 17.8. The van der Waals surface area contributed by atoms with Crippen molar-refractivity contribution in [2.24, 2.45) is 0 Å². The fourth-order valence-electron chi connectivity index (χ4n) is 5.17. The molecule has 5 heteroatoms. The van der Waals surface area contributed by atoms with Gasteiger partial charge < -0.3 is 19.3 Å². The third-order valence-electron chi connectivity index (χ3n) is 6.50. The largest absolute Gasteiger partial charge is 0.496 e. The fraction of sp³-hybridized carbons (Fsp3) is 0.440. The molecule has 2 heterocycles. The normalized spacial score (nSPS) is 25.7. The average Bonchev–Trinajstić information content (AvgIpc) is 3.01. The lowest BCUT2D eigenvalue weighted by Crippen LogP contribution is -2.49. The number of para-hydroxylation sites is 2. The lowest BCUT2D eigenvalue weighted by Gasteiger charge is -2.44. The molecule has 1 N–H and O–H groups in total. The first-order valence-electron chi connectivity index (χ1n) is 10.6. The molecule has 2 aromatic rings. The number of methoxy groups -OCH3 is 2. The van der Waals surface area contributed by atoms with Crippen molar-refractivity contribution in [2.45, 2.75) is 49.9 Å². The summed E-state index contributed by atoms with van der Waals surface area (Å²) in [5.74, 6) is 2.29. The number of hydrogen-bond acceptors (Lipinski definition) is 5. The van der Waals surface area contributed by atoms with Crippen molar-refractivity contribution in [1.29, 1.82) is 0 Å². The molecule has 30 heavy (non-hydrogen) atoms. The summed E-state index contributed by atoms with van der Waals surface area (Å²) in [6.45, 7) is 4.97. The average molecular weight is 410 g/mol. The SMILES string of the molecule is C=CCOc1c(CN2[C@H]3CC[C@H]2CC(O)(c2ccccc2OC)C3)cccc1OC. The van der Waals surface area contributed by atoms with E-state index in [4.69, 9.17) is 14.2 Å². The Hall–Kier alpha value is -2.50. The van der Waals surface area contributed by atoms with Gasteiger partial charge in [-0.1, -0.05) is 43.0 Å². The summed E-state index contributed by atoms with van der Waals surface area (Å²) in [7, 11) is 3.33. The third kappa shape index (κ3) is 3.80. The number of piperidine rings is 1. The van der Waals surface area contributed by atoms with Gasteiger partial charge in [-0.05, 0) is 37.8 Å². The Bertz CT molecular complexity index is 882. The van der Waals surface area contributed by atoms with Crippen LogP contribution in [0.1, 0.15) is 36.8 Å². The Labute approximate surface area is 178 Å². The van der Waals surface area contributed by atoms with Crippen molar-refractivity contribution in [3.05, 3.63) is 66.2 Å². The molecule has 0 aromatic heterocycles. The van der Waals surface area contributed by atoms with E-state index < -0.39 is 5.60 Å². The number of benzene rings is 2. The van der Waals surface area contributed by atoms with Gasteiger partial charge in [0.05, 0.1) is 19.8 Å². The lowest BCUT2D eigenvalue weighted by molar-refractivity contribution is -0.0608. The highest BCUT2D eigenvalue weighted by Crippen LogP contribution is 2.48. The van der Waals surface area contributed by atoms with E-state index in [0.29, 0.717) is 31.5 Å². The maximum absolute atomic E-state index is 11.6. The molecule has 2 bridgehead atoms. The second kappa shape index (κ2) is 8.70. The third-order valence-corrected chi connectivity index (χ3v) is 6.50. The van der Waals surface area contributed by atoms with E-state index in [2.05, 4.69) is 17.5 Å². The summed E-state index contributed by atoms with van der Waals surface area (Å²) in [4.78, 5) is 2.53. The number of aliphatic hydroxyl groups is 1. The van der Waals surface area contributed by atoms with E-state index in [1.165, 1.54) is 0 Å². The predicted octanol–water partition coefficient (Wildman–Crippen LogP) is 4.28. The Kier molecular flexibility index (Phi) is 6.02. The predicted molar refractivity (Wildman–Crippen MR) is 117 cm³/mol. The van der Waals surface area contributed by atoms with Gasteiger partial charge in [0.1, 0.15) is 12.4 Å². The highest BCUT2D eigenvalue weighted by Gasteiger charge is 2.49. The van der Waals surface area contributed by atoms with Crippen molar-refractivity contribution in [3.63, 3.8) is 0 Å². The van der Waals surface area contributed by atoms with Crippen molar-refractivity contribution >= 4 is 0 Å². The van der Waals surface area contributed by atoms with Crippen LogP contribution in [0.3, 0.4) is 0 Å². The number of rotatable bonds is 8. The van der Waals surface area contributed by atoms with Crippen molar-refractivity contribution < 1.29 is 19.3 Å². The molecule has 2 aliphatic rings. The van der Waals surface area contributed by atoms with Gasteiger partial charge in [-0.2, -0.15) is 0 Å². The summed E-state index contributed by atoms with van der Waals surface area (Å²) in [5.41, 5.74) is 1.15. The van der Waals surface area contributed by atoms with E-state index in [9.17, 15) is 5.11 Å². The summed E-state index contributed by atoms with van der Waals surface area (Å²) in [5, 5.41) is 11.6. The first-order chi connectivity index (χ1) is 14.6. The first kappa shape index (κ1) is 20.8. The molecule has 2 atom stereocenters. The monoisotopic (exact) mass is 409 g/mol. The zero-order chi connectivity index (χ0) is 21.1. The summed E-state index contributed by atoms with van der Waals surface area (Å²) in [6.07, 6.45) is 5.34. The molecule has 0 amide bonds. The van der Waals surface area contributed by atoms with Gasteiger partial charge in [0.15, 0.2) is 11.5 Å². The molecular weight excluding hydrogens is 378 g/mol. The smallest absolute Gasteiger partial charge is 0.166 e. The molecule has 2 aromatic carbocycles. The van der Waals surface area contributed by atoms with Gasteiger partial charge in [0, 0.05) is 29.8 Å². The standard InChI is InChI=1S/C25H31NO4/c1-4-14-30-24-18(8-7-11-23(24)29-3)17-26-19-12-13-20(26)16-25(27,15-19)21-9-5-6-10-22(21)28-2/h4-11,19-20,27H,1,12-17H2,2-3H3/t19-,20-/m0/s1. The van der Waals surface area contributed by atoms with Crippen LogP contribution in [0.15, 0.2) is 55.1 Å². The van der Waals surface area contributed by atoms with Crippen LogP contribution in [0.4, 0.5) is 0 Å². The number of hydrogen-bond donors (Lipinski definition) is 1. The Morgan fingerprint density at radius 3 is 2.37 bits per heavy atom. The zero-order valence-corrected chi connectivity index (χ0v) is 17.8. The van der Waals surface area contributed by atoms with Gasteiger partial charge in [0.25, 0.3) is 0 Å². The molecule has 2 saturated heterocycles. The fourth-order valence-corrected chi connectivity index (χ4v) is 5.17. The van der Waals surface area contributed by atoms with Crippen LogP contribution >= 0.6 is 0 Å². The summed E-state index contributed by atoms with van der Waals surface area (Å²) < 4.78 is 17.0. The number of fused-ring (bicyclic) bond motifs is 2. The maximum atomic E-state index is 11.6. The van der Waals surface area contributed by atoms with Crippen LogP contribution in [-0.4, -0.2) is 42.9 Å². The van der Waals surface area contributed by atoms with E-state index in [0.717, 1.165) is 47.8 Å². The lowest BCUT2D eigenvalue weighted by atomic mass is 9.80. The van der Waals surface area contributed by atoms with Gasteiger partial charge in [0.2, 0.25) is 0 Å². The molecule has 0 radical (unpaired) electrons. The Balaban J connectivity index is 1.58. The van der Waals surface area contributed by atoms with Crippen LogP contribution in [0.2, 0.25) is 0 Å². The van der Waals surface area contributed by atoms with Crippen molar-refractivity contribution in [3.8, 4) is 17.2 Å². The van der Waals surface area contributed by atoms with Crippen LogP contribution in [-0.2, 0) is 12.1 Å². The first-order valence-corrected chi connectivity index (χ1v) is 10.6. The van der Waals surface area contributed by atoms with Crippen LogP contribution < -0.4 is 14.2 Å². The van der Waals surface area contributed by atoms with E-state index >= 15 is 0 Å². The molecule has 2 aliphatic heterocycles. The second-order valence-corrected chi connectivity index (χ2v) is 8.25. The molecule has 160 valence electrons. The number of nitrogens with zero attached hydrogens (tertiary/aromatic N) is 1. The Morgan fingerprint density at radius 2 is 1.70 bits per heavy atom. The van der Waals surface area contributed by atoms with Crippen molar-refractivity contribution in [1.82, 2.24) is 4.90 Å². The minimum Gasteiger partial charge on any atom is -0.496 e. The maximum Gasteiger partial charge on any atom is 0.166 e. The van der Waals surface area contributed by atoms with Gasteiger partial charge in [-0.3, -0.25) is 4.90 Å². The Morgan fingerprint density at radius 1 is 1.03 bits per heavy atom. The van der Waals surface area contributed by atoms with Crippen LogP contribution in [0, 0.1) is 0 Å². The molecule has 0 unspecified atom stereocenters. The highest BCUT2D eigenvalue weighted by atomic mass is 16.5. The minimum atomic E-state index is -0.856. The van der Waals surface area contributed by atoms with E-state index in [1.54, 1.807) is 20.3 Å². The summed E-state index contributed by atoms with van der Waals surface area (Å²) >= 11 is 0. The van der Waals surface area contributed by atoms with Crippen LogP contribution in [0.5, 0.6) is 17.2 Å². The molecule has 5 nitrogen and oxygen atoms in total. The van der Waals surface area contributed by atoms with E-state index in [-0.39, 0.29) is 0 Å². The topological polar surface area (TPSA) is 51.2 Å². The summed E-state index contributed by atoms with van der Waals surface area (Å²) in [6, 6.07) is 14.5. The molecule has 0 aliphatic carbocycles. The second-order valence-electron chi connectivity index (χ2n) is 8.25. The number of ether oxygens (including phenoxy) is 3. The molecule has 0 spiro atoms. The quantitative estimate of drug-likeness (QED) is 0.660. The van der Waals surface area contributed by atoms with Crippen LogP contribution in [0.25, 0.3) is 0 Å². The molecule has 0 saturated carbocycles. The minimum absolute atomic E-state index is 0.317. The highest BCUT2D eigenvalue weighted by molar-refractivity contribution is 5.47. The van der Waals surface area contributed by atoms with E-state index in [1.807, 2.05) is 36.4 Å². The molecule has 2 fully saturated rings. The molecule has 4 rings (SSSR count). The molecular formula is C25H31NO4. The van der Waals surface area contributed by atoms with Gasteiger partial charge in [-0.25, -0.2) is 0 Å². The van der Waals surface area contributed by atoms with Crippen molar-refractivity contribution in [2.75, 3.05) is 20.8 Å². The van der Waals surface area contributed by atoms with Gasteiger partial charge in [-0.15, -0.1) is 0 Å². The van der Waals surface area contributed by atoms with Gasteiger partial charge >= 0.3 is 0 Å².